The normalized spacial score (nSPS) is 10.5. The zero-order chi connectivity index (χ0) is 16.0. The summed E-state index contributed by atoms with van der Waals surface area (Å²) in [5.41, 5.74) is 1.30. The summed E-state index contributed by atoms with van der Waals surface area (Å²) >= 11 is 5.86. The number of benzene rings is 1. The zero-order valence-corrected chi connectivity index (χ0v) is 13.2. The highest BCUT2D eigenvalue weighted by atomic mass is 35.5. The third kappa shape index (κ3) is 5.59. The number of carbonyl (C=O) groups excluding carboxylic acids is 1. The number of nitro groups is 1. The Balaban J connectivity index is 2.55. The first kappa shape index (κ1) is 17.2. The van der Waals surface area contributed by atoms with Crippen molar-refractivity contribution in [2.45, 2.75) is 27.2 Å². The first-order valence-corrected chi connectivity index (χ1v) is 7.14. The minimum absolute atomic E-state index is 0.0261. The van der Waals surface area contributed by atoms with E-state index >= 15 is 0 Å². The Morgan fingerprint density at radius 2 is 2.10 bits per heavy atom. The van der Waals surface area contributed by atoms with Crippen molar-refractivity contribution in [1.82, 2.24) is 5.32 Å². The molecule has 7 heteroatoms. The molecule has 1 aromatic carbocycles. The Hall–Kier alpha value is -1.82. The maximum atomic E-state index is 11.6. The lowest BCUT2D eigenvalue weighted by Crippen LogP contribution is -2.28. The summed E-state index contributed by atoms with van der Waals surface area (Å²) in [7, 11) is 0. The predicted molar refractivity (Wildman–Crippen MR) is 83.8 cm³/mol. The molecule has 1 aromatic rings. The molecule has 0 aliphatic heterocycles. The second kappa shape index (κ2) is 7.83. The van der Waals surface area contributed by atoms with Crippen LogP contribution in [0.25, 0.3) is 0 Å². The van der Waals surface area contributed by atoms with Crippen molar-refractivity contribution in [2.75, 3.05) is 18.4 Å². The third-order valence-electron chi connectivity index (χ3n) is 2.87. The van der Waals surface area contributed by atoms with Gasteiger partial charge in [0.05, 0.1) is 4.92 Å². The maximum absolute atomic E-state index is 11.6. The van der Waals surface area contributed by atoms with Crippen LogP contribution in [0.4, 0.5) is 11.4 Å². The molecule has 0 heterocycles. The number of rotatable bonds is 7. The van der Waals surface area contributed by atoms with Crippen LogP contribution in [0.5, 0.6) is 0 Å². The molecule has 0 bridgehead atoms. The molecule has 1 rings (SSSR count). The minimum Gasteiger partial charge on any atom is -0.384 e. The fraction of sp³-hybridized carbons (Fsp3) is 0.500. The van der Waals surface area contributed by atoms with E-state index in [0.29, 0.717) is 36.7 Å². The van der Waals surface area contributed by atoms with Crippen molar-refractivity contribution >= 4 is 28.9 Å². The molecule has 21 heavy (non-hydrogen) atoms. The van der Waals surface area contributed by atoms with E-state index in [1.54, 1.807) is 6.92 Å². The number of amides is 1. The number of carbonyl (C=O) groups is 1. The molecular formula is C14H20ClN3O3. The molecule has 116 valence electrons. The second-order valence-electron chi connectivity index (χ2n) is 5.25. The summed E-state index contributed by atoms with van der Waals surface area (Å²) in [5.74, 6) is 0.388. The van der Waals surface area contributed by atoms with Crippen molar-refractivity contribution in [1.29, 1.82) is 0 Å². The van der Waals surface area contributed by atoms with Crippen LogP contribution in [0.15, 0.2) is 12.1 Å². The number of anilines is 1. The van der Waals surface area contributed by atoms with Crippen molar-refractivity contribution in [3.05, 3.63) is 32.8 Å². The van der Waals surface area contributed by atoms with Gasteiger partial charge in [-0.25, -0.2) is 0 Å². The van der Waals surface area contributed by atoms with Crippen LogP contribution in [0.2, 0.25) is 5.02 Å². The first-order valence-electron chi connectivity index (χ1n) is 6.76. The van der Waals surface area contributed by atoms with E-state index < -0.39 is 4.92 Å². The smallest absolute Gasteiger partial charge is 0.288 e. The highest BCUT2D eigenvalue weighted by Gasteiger charge is 2.14. The fourth-order valence-corrected chi connectivity index (χ4v) is 1.95. The van der Waals surface area contributed by atoms with Gasteiger partial charge < -0.3 is 10.6 Å². The van der Waals surface area contributed by atoms with Crippen molar-refractivity contribution in [2.24, 2.45) is 5.92 Å². The molecule has 0 aliphatic rings. The van der Waals surface area contributed by atoms with Gasteiger partial charge in [-0.2, -0.15) is 0 Å². The lowest BCUT2D eigenvalue weighted by atomic mass is 10.1. The molecule has 0 saturated heterocycles. The highest BCUT2D eigenvalue weighted by Crippen LogP contribution is 2.30. The SMILES string of the molecule is Cc1cc([N+](=O)[O-])c(Cl)cc1NCCC(=O)NCC(C)C. The first-order chi connectivity index (χ1) is 9.81. The van der Waals surface area contributed by atoms with Crippen molar-refractivity contribution in [3.8, 4) is 0 Å². The summed E-state index contributed by atoms with van der Waals surface area (Å²) in [5, 5.41) is 16.7. The van der Waals surface area contributed by atoms with Crippen LogP contribution < -0.4 is 10.6 Å². The lowest BCUT2D eigenvalue weighted by Gasteiger charge is -2.11. The third-order valence-corrected chi connectivity index (χ3v) is 3.17. The highest BCUT2D eigenvalue weighted by molar-refractivity contribution is 6.33. The van der Waals surface area contributed by atoms with Crippen LogP contribution in [0.1, 0.15) is 25.8 Å². The summed E-state index contributed by atoms with van der Waals surface area (Å²) in [6.07, 6.45) is 0.334. The number of aryl methyl sites for hydroxylation is 1. The van der Waals surface area contributed by atoms with E-state index in [0.717, 1.165) is 0 Å². The molecule has 0 radical (unpaired) electrons. The molecule has 0 aromatic heterocycles. The van der Waals surface area contributed by atoms with Gasteiger partial charge in [-0.15, -0.1) is 0 Å². The molecule has 0 aliphatic carbocycles. The van der Waals surface area contributed by atoms with E-state index in [1.165, 1.54) is 12.1 Å². The predicted octanol–water partition coefficient (Wildman–Crippen LogP) is 3.13. The number of nitrogens with zero attached hydrogens (tertiary/aromatic N) is 1. The number of halogens is 1. The quantitative estimate of drug-likeness (QED) is 0.598. The van der Waals surface area contributed by atoms with Gasteiger partial charge in [-0.1, -0.05) is 25.4 Å². The molecular weight excluding hydrogens is 294 g/mol. The summed E-state index contributed by atoms with van der Waals surface area (Å²) in [4.78, 5) is 21.8. The molecule has 2 N–H and O–H groups in total. The molecule has 0 fully saturated rings. The van der Waals surface area contributed by atoms with Gasteiger partial charge in [0.15, 0.2) is 0 Å². The standard InChI is InChI=1S/C14H20ClN3O3/c1-9(2)8-17-14(19)4-5-16-12-7-11(15)13(18(20)21)6-10(12)3/h6-7,9,16H,4-5,8H2,1-3H3,(H,17,19). The maximum Gasteiger partial charge on any atom is 0.288 e. The van der Waals surface area contributed by atoms with Gasteiger partial charge >= 0.3 is 0 Å². The van der Waals surface area contributed by atoms with Crippen LogP contribution in [0.3, 0.4) is 0 Å². The zero-order valence-electron chi connectivity index (χ0n) is 12.4. The average Bonchev–Trinajstić information content (AvgIpc) is 2.39. The van der Waals surface area contributed by atoms with E-state index in [2.05, 4.69) is 10.6 Å². The van der Waals surface area contributed by atoms with Crippen molar-refractivity contribution in [3.63, 3.8) is 0 Å². The van der Waals surface area contributed by atoms with E-state index in [4.69, 9.17) is 11.6 Å². The van der Waals surface area contributed by atoms with E-state index in [-0.39, 0.29) is 16.6 Å². The fourth-order valence-electron chi connectivity index (χ4n) is 1.71. The number of nitrogens with one attached hydrogen (secondary N) is 2. The molecule has 1 amide bonds. The van der Waals surface area contributed by atoms with E-state index in [1.807, 2.05) is 13.8 Å². The number of hydrogen-bond donors (Lipinski definition) is 2. The summed E-state index contributed by atoms with van der Waals surface area (Å²) < 4.78 is 0. The van der Waals surface area contributed by atoms with Crippen molar-refractivity contribution < 1.29 is 9.72 Å². The van der Waals surface area contributed by atoms with Crippen LogP contribution in [0, 0.1) is 23.0 Å². The molecule has 6 nitrogen and oxygen atoms in total. The number of nitro benzene ring substituents is 1. The van der Waals surface area contributed by atoms with E-state index in [9.17, 15) is 14.9 Å². The summed E-state index contributed by atoms with van der Waals surface area (Å²) in [6.45, 7) is 6.91. The van der Waals surface area contributed by atoms with Crippen LogP contribution in [-0.2, 0) is 4.79 Å². The Labute approximate surface area is 129 Å². The van der Waals surface area contributed by atoms with Gasteiger partial charge in [0, 0.05) is 31.3 Å². The van der Waals surface area contributed by atoms with Gasteiger partial charge in [0.2, 0.25) is 5.91 Å². The average molecular weight is 314 g/mol. The topological polar surface area (TPSA) is 84.3 Å². The van der Waals surface area contributed by atoms with Gasteiger partial charge in [0.1, 0.15) is 5.02 Å². The molecule has 0 atom stereocenters. The second-order valence-corrected chi connectivity index (χ2v) is 5.66. The molecule has 0 saturated carbocycles. The summed E-state index contributed by atoms with van der Waals surface area (Å²) in [6, 6.07) is 2.94. The van der Waals surface area contributed by atoms with Gasteiger partial charge in [-0.05, 0) is 24.5 Å². The monoisotopic (exact) mass is 313 g/mol. The van der Waals surface area contributed by atoms with Crippen LogP contribution >= 0.6 is 11.6 Å². The molecule has 0 spiro atoms. The van der Waals surface area contributed by atoms with Gasteiger partial charge in [-0.3, -0.25) is 14.9 Å². The van der Waals surface area contributed by atoms with Gasteiger partial charge in [0.25, 0.3) is 5.69 Å². The Morgan fingerprint density at radius 3 is 2.67 bits per heavy atom. The molecule has 0 unspecified atom stereocenters. The van der Waals surface area contributed by atoms with Crippen LogP contribution in [-0.4, -0.2) is 23.9 Å². The minimum atomic E-state index is -0.515. The Kier molecular flexibility index (Phi) is 6.42. The lowest BCUT2D eigenvalue weighted by molar-refractivity contribution is -0.384. The number of hydrogen-bond acceptors (Lipinski definition) is 4. The Morgan fingerprint density at radius 1 is 1.43 bits per heavy atom. The largest absolute Gasteiger partial charge is 0.384 e. The Bertz CT molecular complexity index is 532.